The Morgan fingerprint density at radius 3 is 2.85 bits per heavy atom. The molecular weight excluding hydrogens is 261 g/mol. The summed E-state index contributed by atoms with van der Waals surface area (Å²) in [5, 5.41) is 13.5. The van der Waals surface area contributed by atoms with Crippen LogP contribution < -0.4 is 0 Å². The first-order chi connectivity index (χ1) is 9.63. The Balaban J connectivity index is 1.85. The minimum Gasteiger partial charge on any atom is -0.480 e. The average Bonchev–Trinajstić information content (AvgIpc) is 2.83. The molecule has 0 saturated carbocycles. The Bertz CT molecular complexity index is 636. The first kappa shape index (κ1) is 12.8. The van der Waals surface area contributed by atoms with Crippen molar-refractivity contribution in [3.63, 3.8) is 0 Å². The second-order valence-corrected chi connectivity index (χ2v) is 4.94. The molecule has 1 unspecified atom stereocenters. The third kappa shape index (κ3) is 2.41. The van der Waals surface area contributed by atoms with Gasteiger partial charge in [0.2, 0.25) is 0 Å². The first-order valence-corrected chi connectivity index (χ1v) is 6.55. The van der Waals surface area contributed by atoms with Crippen LogP contribution in [0.5, 0.6) is 0 Å². The summed E-state index contributed by atoms with van der Waals surface area (Å²) in [4.78, 5) is 15.6. The monoisotopic (exact) mass is 275 g/mol. The van der Waals surface area contributed by atoms with Crippen molar-refractivity contribution in [3.05, 3.63) is 47.3 Å². The second-order valence-electron chi connectivity index (χ2n) is 4.94. The number of carboxylic acid groups (broad SMARTS) is 1. The van der Waals surface area contributed by atoms with Gasteiger partial charge in [-0.2, -0.15) is 5.10 Å². The van der Waals surface area contributed by atoms with E-state index in [0.29, 0.717) is 18.7 Å². The first-order valence-electron chi connectivity index (χ1n) is 6.55. The fraction of sp³-hybridized carbons (Fsp3) is 0.357. The molecule has 0 fully saturated rings. The van der Waals surface area contributed by atoms with Crippen LogP contribution in [0.25, 0.3) is 0 Å². The van der Waals surface area contributed by atoms with Crippen molar-refractivity contribution in [2.24, 2.45) is 0 Å². The zero-order chi connectivity index (χ0) is 14.1. The summed E-state index contributed by atoms with van der Waals surface area (Å²) in [6, 6.07) is 5.54. The molecule has 0 saturated heterocycles. The number of aryl methyl sites for hydroxylation is 1. The highest BCUT2D eigenvalue weighted by atomic mass is 19.1. The van der Waals surface area contributed by atoms with E-state index in [9.17, 15) is 14.3 Å². The quantitative estimate of drug-likeness (QED) is 0.930. The number of aliphatic carboxylic acids is 1. The maximum atomic E-state index is 12.9. The summed E-state index contributed by atoms with van der Waals surface area (Å²) >= 11 is 0. The zero-order valence-electron chi connectivity index (χ0n) is 10.8. The average molecular weight is 275 g/mol. The fourth-order valence-corrected chi connectivity index (χ4v) is 2.49. The summed E-state index contributed by atoms with van der Waals surface area (Å²) in [5.41, 5.74) is 0.904. The van der Waals surface area contributed by atoms with Gasteiger partial charge in [-0.1, -0.05) is 12.1 Å². The van der Waals surface area contributed by atoms with Gasteiger partial charge in [-0.15, -0.1) is 0 Å². The molecule has 1 aromatic heterocycles. The lowest BCUT2D eigenvalue weighted by atomic mass is 10.1. The molecule has 0 spiro atoms. The van der Waals surface area contributed by atoms with Crippen molar-refractivity contribution >= 4 is 5.97 Å². The summed E-state index contributed by atoms with van der Waals surface area (Å²) in [7, 11) is 0. The Labute approximate surface area is 115 Å². The van der Waals surface area contributed by atoms with Crippen LogP contribution in [-0.4, -0.2) is 25.8 Å². The van der Waals surface area contributed by atoms with Gasteiger partial charge < -0.3 is 5.11 Å². The molecule has 1 aromatic carbocycles. The standard InChI is InChI=1S/C14H14FN3O2/c15-10-6-4-9(5-7-10)8-12-16-13-3-1-2-11(14(19)20)18(13)17-12/h4-7,11H,1-3,8H2,(H,19,20). The van der Waals surface area contributed by atoms with Gasteiger partial charge in [-0.25, -0.2) is 18.9 Å². The van der Waals surface area contributed by atoms with Crippen LogP contribution in [0.15, 0.2) is 24.3 Å². The molecule has 1 atom stereocenters. The molecule has 2 heterocycles. The number of aromatic nitrogens is 3. The lowest BCUT2D eigenvalue weighted by Crippen LogP contribution is -2.26. The molecule has 0 aliphatic carbocycles. The smallest absolute Gasteiger partial charge is 0.328 e. The molecule has 1 aliphatic rings. The van der Waals surface area contributed by atoms with E-state index in [1.165, 1.54) is 16.8 Å². The number of carbonyl (C=O) groups is 1. The molecule has 1 aliphatic heterocycles. The topological polar surface area (TPSA) is 68.0 Å². The predicted octanol–water partition coefficient (Wildman–Crippen LogP) is 1.97. The van der Waals surface area contributed by atoms with Crippen molar-refractivity contribution in [2.45, 2.75) is 31.7 Å². The van der Waals surface area contributed by atoms with Gasteiger partial charge >= 0.3 is 5.97 Å². The van der Waals surface area contributed by atoms with Crippen molar-refractivity contribution < 1.29 is 14.3 Å². The molecule has 2 aromatic rings. The predicted molar refractivity (Wildman–Crippen MR) is 68.8 cm³/mol. The molecular formula is C14H14FN3O2. The number of halogens is 1. The SMILES string of the molecule is O=C(O)C1CCCc2nc(Cc3ccc(F)cc3)nn21. The van der Waals surface area contributed by atoms with Crippen LogP contribution in [-0.2, 0) is 17.6 Å². The molecule has 0 radical (unpaired) electrons. The maximum Gasteiger partial charge on any atom is 0.328 e. The lowest BCUT2D eigenvalue weighted by molar-refractivity contribution is -0.141. The van der Waals surface area contributed by atoms with Crippen LogP contribution >= 0.6 is 0 Å². The van der Waals surface area contributed by atoms with Gasteiger partial charge in [-0.05, 0) is 30.5 Å². The van der Waals surface area contributed by atoms with E-state index in [4.69, 9.17) is 0 Å². The second kappa shape index (κ2) is 5.03. The highest BCUT2D eigenvalue weighted by Gasteiger charge is 2.28. The highest BCUT2D eigenvalue weighted by Crippen LogP contribution is 2.23. The van der Waals surface area contributed by atoms with E-state index in [-0.39, 0.29) is 5.82 Å². The third-order valence-corrected chi connectivity index (χ3v) is 3.48. The number of hydrogen-bond donors (Lipinski definition) is 1. The van der Waals surface area contributed by atoms with E-state index in [1.807, 2.05) is 0 Å². The Morgan fingerprint density at radius 2 is 2.15 bits per heavy atom. The van der Waals surface area contributed by atoms with Gasteiger partial charge in [0, 0.05) is 12.8 Å². The van der Waals surface area contributed by atoms with E-state index in [1.54, 1.807) is 12.1 Å². The number of benzene rings is 1. The number of hydrogen-bond acceptors (Lipinski definition) is 3. The minimum absolute atomic E-state index is 0.281. The zero-order valence-corrected chi connectivity index (χ0v) is 10.8. The van der Waals surface area contributed by atoms with Crippen LogP contribution in [0.3, 0.4) is 0 Å². The molecule has 104 valence electrons. The van der Waals surface area contributed by atoms with E-state index < -0.39 is 12.0 Å². The molecule has 1 N–H and O–H groups in total. The number of fused-ring (bicyclic) bond motifs is 1. The summed E-state index contributed by atoms with van der Waals surface area (Å²) in [5.74, 6) is 0.154. The fourth-order valence-electron chi connectivity index (χ4n) is 2.49. The van der Waals surface area contributed by atoms with E-state index in [2.05, 4.69) is 10.1 Å². The largest absolute Gasteiger partial charge is 0.480 e. The molecule has 0 amide bonds. The molecule has 5 nitrogen and oxygen atoms in total. The summed E-state index contributed by atoms with van der Waals surface area (Å²) in [6.07, 6.45) is 2.63. The number of carboxylic acids is 1. The van der Waals surface area contributed by atoms with Crippen LogP contribution in [0.1, 0.15) is 36.1 Å². The molecule has 6 heteroatoms. The Hall–Kier alpha value is -2.24. The number of nitrogens with zero attached hydrogens (tertiary/aromatic N) is 3. The van der Waals surface area contributed by atoms with Gasteiger partial charge in [0.25, 0.3) is 0 Å². The van der Waals surface area contributed by atoms with Crippen molar-refractivity contribution in [1.29, 1.82) is 0 Å². The minimum atomic E-state index is -0.871. The Morgan fingerprint density at radius 1 is 1.40 bits per heavy atom. The van der Waals surface area contributed by atoms with E-state index in [0.717, 1.165) is 24.2 Å². The van der Waals surface area contributed by atoms with Gasteiger partial charge in [0.05, 0.1) is 0 Å². The normalized spacial score (nSPS) is 17.8. The van der Waals surface area contributed by atoms with E-state index >= 15 is 0 Å². The Kier molecular flexibility index (Phi) is 3.22. The number of rotatable bonds is 3. The third-order valence-electron chi connectivity index (χ3n) is 3.48. The highest BCUT2D eigenvalue weighted by molar-refractivity contribution is 5.71. The van der Waals surface area contributed by atoms with Crippen LogP contribution in [0.4, 0.5) is 4.39 Å². The van der Waals surface area contributed by atoms with Gasteiger partial charge in [0.1, 0.15) is 11.6 Å². The maximum absolute atomic E-state index is 12.9. The summed E-state index contributed by atoms with van der Waals surface area (Å²) in [6.45, 7) is 0. The van der Waals surface area contributed by atoms with Crippen molar-refractivity contribution in [1.82, 2.24) is 14.8 Å². The molecule has 0 bridgehead atoms. The van der Waals surface area contributed by atoms with Gasteiger partial charge in [0.15, 0.2) is 11.9 Å². The van der Waals surface area contributed by atoms with Crippen molar-refractivity contribution in [2.75, 3.05) is 0 Å². The van der Waals surface area contributed by atoms with Gasteiger partial charge in [-0.3, -0.25) is 0 Å². The lowest BCUT2D eigenvalue weighted by Gasteiger charge is -2.19. The summed E-state index contributed by atoms with van der Waals surface area (Å²) < 4.78 is 14.4. The van der Waals surface area contributed by atoms with Crippen LogP contribution in [0.2, 0.25) is 0 Å². The van der Waals surface area contributed by atoms with Crippen molar-refractivity contribution in [3.8, 4) is 0 Å². The molecule has 3 rings (SSSR count). The van der Waals surface area contributed by atoms with Crippen LogP contribution in [0, 0.1) is 5.82 Å². The molecule has 20 heavy (non-hydrogen) atoms.